The zero-order valence-electron chi connectivity index (χ0n) is 9.39. The van der Waals surface area contributed by atoms with Crippen LogP contribution in [0.1, 0.15) is 26.3 Å². The van der Waals surface area contributed by atoms with Gasteiger partial charge in [-0.3, -0.25) is 0 Å². The minimum atomic E-state index is 1.18. The van der Waals surface area contributed by atoms with Crippen LogP contribution in [0.15, 0.2) is 41.8 Å². The van der Waals surface area contributed by atoms with Crippen molar-refractivity contribution in [3.05, 3.63) is 47.3 Å². The number of rotatable bonds is 1. The first-order chi connectivity index (χ1) is 7.18. The van der Waals surface area contributed by atoms with Crippen LogP contribution in [0.25, 0.3) is 16.5 Å². The van der Waals surface area contributed by atoms with E-state index in [4.69, 9.17) is 0 Å². The molecule has 2 rings (SSSR count). The summed E-state index contributed by atoms with van der Waals surface area (Å²) in [6.45, 7) is 6.24. The van der Waals surface area contributed by atoms with Crippen LogP contribution in [-0.2, 0) is 0 Å². The lowest BCUT2D eigenvalue weighted by Gasteiger charge is -1.95. The Bertz CT molecular complexity index is 547. The monoisotopic (exact) mass is 197 g/mol. The molecule has 0 radical (unpaired) electrons. The van der Waals surface area contributed by atoms with Gasteiger partial charge in [0.15, 0.2) is 0 Å². The molecule has 0 unspecified atom stereocenters. The summed E-state index contributed by atoms with van der Waals surface area (Å²) < 4.78 is 0. The van der Waals surface area contributed by atoms with Gasteiger partial charge in [-0.15, -0.1) is 5.73 Å². The van der Waals surface area contributed by atoms with Crippen molar-refractivity contribution in [2.45, 2.75) is 20.8 Å². The molecule has 2 aromatic rings. The first kappa shape index (κ1) is 9.82. The summed E-state index contributed by atoms with van der Waals surface area (Å²) in [4.78, 5) is 3.27. The molecule has 0 fully saturated rings. The Labute approximate surface area is 90.1 Å². The molecule has 0 saturated carbocycles. The van der Waals surface area contributed by atoms with Crippen molar-refractivity contribution in [2.75, 3.05) is 0 Å². The molecular formula is C14H15N. The highest BCUT2D eigenvalue weighted by Gasteiger charge is 2.03. The van der Waals surface area contributed by atoms with Gasteiger partial charge in [-0.25, -0.2) is 0 Å². The minimum Gasteiger partial charge on any atom is -0.361 e. The molecule has 0 spiro atoms. The second-order valence-electron chi connectivity index (χ2n) is 4.00. The smallest absolute Gasteiger partial charge is 0.0460 e. The molecule has 76 valence electrons. The molecule has 1 nitrogen and oxygen atoms in total. The average Bonchev–Trinajstić information content (AvgIpc) is 2.59. The van der Waals surface area contributed by atoms with Crippen molar-refractivity contribution in [3.63, 3.8) is 0 Å². The fourth-order valence-corrected chi connectivity index (χ4v) is 1.82. The SMILES string of the molecule is CC(C)=C=C(C)c1c[nH]c2ccccc12. The maximum absolute atomic E-state index is 3.35. The number of H-pyrrole nitrogens is 1. The highest BCUT2D eigenvalue weighted by Crippen LogP contribution is 2.23. The van der Waals surface area contributed by atoms with E-state index >= 15 is 0 Å². The van der Waals surface area contributed by atoms with Crippen LogP contribution in [0.2, 0.25) is 0 Å². The van der Waals surface area contributed by atoms with E-state index in [2.05, 4.69) is 55.9 Å². The molecule has 0 atom stereocenters. The first-order valence-corrected chi connectivity index (χ1v) is 5.15. The summed E-state index contributed by atoms with van der Waals surface area (Å²) in [5, 5.41) is 1.27. The van der Waals surface area contributed by atoms with Crippen molar-refractivity contribution in [1.82, 2.24) is 4.98 Å². The van der Waals surface area contributed by atoms with Crippen molar-refractivity contribution >= 4 is 16.5 Å². The summed E-state index contributed by atoms with van der Waals surface area (Å²) in [5.41, 5.74) is 8.17. The van der Waals surface area contributed by atoms with Crippen LogP contribution in [0.3, 0.4) is 0 Å². The third-order valence-electron chi connectivity index (χ3n) is 2.43. The van der Waals surface area contributed by atoms with Gasteiger partial charge in [0.25, 0.3) is 0 Å². The Hall–Kier alpha value is -1.72. The van der Waals surface area contributed by atoms with Gasteiger partial charge in [0.2, 0.25) is 0 Å². The molecule has 1 N–H and O–H groups in total. The number of aromatic amines is 1. The Morgan fingerprint density at radius 3 is 2.60 bits per heavy atom. The Morgan fingerprint density at radius 1 is 1.13 bits per heavy atom. The van der Waals surface area contributed by atoms with E-state index in [9.17, 15) is 0 Å². The second kappa shape index (κ2) is 3.80. The van der Waals surface area contributed by atoms with E-state index in [0.29, 0.717) is 0 Å². The molecule has 0 aliphatic carbocycles. The van der Waals surface area contributed by atoms with E-state index in [1.807, 2.05) is 6.07 Å². The summed E-state index contributed by atoms with van der Waals surface area (Å²) in [6.07, 6.45) is 2.05. The Balaban J connectivity index is 2.68. The van der Waals surface area contributed by atoms with Gasteiger partial charge in [-0.1, -0.05) is 18.2 Å². The van der Waals surface area contributed by atoms with Crippen LogP contribution >= 0.6 is 0 Å². The molecule has 1 heterocycles. The third kappa shape index (κ3) is 1.88. The summed E-state index contributed by atoms with van der Waals surface area (Å²) in [6, 6.07) is 8.34. The molecule has 0 aliphatic heterocycles. The number of benzene rings is 1. The van der Waals surface area contributed by atoms with Crippen molar-refractivity contribution in [3.8, 4) is 0 Å². The summed E-state index contributed by atoms with van der Waals surface area (Å²) in [5.74, 6) is 0. The van der Waals surface area contributed by atoms with E-state index < -0.39 is 0 Å². The Morgan fingerprint density at radius 2 is 1.87 bits per heavy atom. The number of hydrogen-bond donors (Lipinski definition) is 1. The lowest BCUT2D eigenvalue weighted by Crippen LogP contribution is -1.74. The summed E-state index contributed by atoms with van der Waals surface area (Å²) in [7, 11) is 0. The predicted molar refractivity (Wildman–Crippen MR) is 65.8 cm³/mol. The van der Waals surface area contributed by atoms with E-state index in [1.165, 1.54) is 27.6 Å². The van der Waals surface area contributed by atoms with E-state index in [1.54, 1.807) is 0 Å². The maximum atomic E-state index is 3.35. The zero-order chi connectivity index (χ0) is 10.8. The standard InChI is InChI=1S/C14H15N/c1-10(2)8-11(3)13-9-15-14-7-5-4-6-12(13)14/h4-7,9,15H,1-3H3. The number of aromatic nitrogens is 1. The molecule has 1 aromatic carbocycles. The molecule has 1 heteroatoms. The minimum absolute atomic E-state index is 1.18. The number of fused-ring (bicyclic) bond motifs is 1. The molecule has 0 aliphatic rings. The highest BCUT2D eigenvalue weighted by atomic mass is 14.7. The van der Waals surface area contributed by atoms with Gasteiger partial charge in [-0.2, -0.15) is 0 Å². The number of para-hydroxylation sites is 1. The van der Waals surface area contributed by atoms with Gasteiger partial charge in [-0.05, 0) is 32.4 Å². The normalized spacial score (nSPS) is 10.1. The van der Waals surface area contributed by atoms with Crippen LogP contribution in [0.4, 0.5) is 0 Å². The van der Waals surface area contributed by atoms with Gasteiger partial charge >= 0.3 is 0 Å². The van der Waals surface area contributed by atoms with Gasteiger partial charge in [0.05, 0.1) is 0 Å². The van der Waals surface area contributed by atoms with Crippen LogP contribution in [-0.4, -0.2) is 4.98 Å². The fourth-order valence-electron chi connectivity index (χ4n) is 1.82. The lowest BCUT2D eigenvalue weighted by atomic mass is 10.1. The Kier molecular flexibility index (Phi) is 2.49. The average molecular weight is 197 g/mol. The largest absolute Gasteiger partial charge is 0.361 e. The lowest BCUT2D eigenvalue weighted by molar-refractivity contribution is 1.40. The van der Waals surface area contributed by atoms with Gasteiger partial charge in [0, 0.05) is 28.2 Å². The van der Waals surface area contributed by atoms with Crippen LogP contribution < -0.4 is 0 Å². The molecule has 0 bridgehead atoms. The van der Waals surface area contributed by atoms with Crippen LogP contribution in [0.5, 0.6) is 0 Å². The van der Waals surface area contributed by atoms with Gasteiger partial charge < -0.3 is 4.98 Å². The molecule has 0 saturated heterocycles. The number of nitrogens with one attached hydrogen (secondary N) is 1. The zero-order valence-corrected chi connectivity index (χ0v) is 9.39. The second-order valence-corrected chi connectivity index (χ2v) is 4.00. The molecule has 1 aromatic heterocycles. The number of allylic oxidation sites excluding steroid dienone is 1. The van der Waals surface area contributed by atoms with Crippen molar-refractivity contribution < 1.29 is 0 Å². The van der Waals surface area contributed by atoms with E-state index in [0.717, 1.165) is 0 Å². The van der Waals surface area contributed by atoms with Gasteiger partial charge in [0.1, 0.15) is 0 Å². The predicted octanol–water partition coefficient (Wildman–Crippen LogP) is 4.14. The highest BCUT2D eigenvalue weighted by molar-refractivity contribution is 5.91. The van der Waals surface area contributed by atoms with E-state index in [-0.39, 0.29) is 0 Å². The van der Waals surface area contributed by atoms with Crippen molar-refractivity contribution in [2.24, 2.45) is 0 Å². The topological polar surface area (TPSA) is 15.8 Å². The molecule has 0 amide bonds. The summed E-state index contributed by atoms with van der Waals surface area (Å²) >= 11 is 0. The molecule has 15 heavy (non-hydrogen) atoms. The van der Waals surface area contributed by atoms with Crippen molar-refractivity contribution in [1.29, 1.82) is 0 Å². The third-order valence-corrected chi connectivity index (χ3v) is 2.43. The molecular weight excluding hydrogens is 182 g/mol. The quantitative estimate of drug-likeness (QED) is 0.661. The van der Waals surface area contributed by atoms with Crippen LogP contribution in [0, 0.1) is 0 Å². The maximum Gasteiger partial charge on any atom is 0.0460 e. The fraction of sp³-hybridized carbons (Fsp3) is 0.214. The first-order valence-electron chi connectivity index (χ1n) is 5.15. The number of hydrogen-bond acceptors (Lipinski definition) is 0.